The number of ether oxygens (including phenoxy) is 4. The van der Waals surface area contributed by atoms with Crippen LogP contribution in [0, 0.1) is 0 Å². The van der Waals surface area contributed by atoms with Crippen molar-refractivity contribution >= 4 is 35.6 Å². The minimum Gasteiger partial charge on any atom is -0.493 e. The third kappa shape index (κ3) is 7.47. The van der Waals surface area contributed by atoms with E-state index in [2.05, 4.69) is 15.8 Å². The third-order valence-electron chi connectivity index (χ3n) is 5.13. The third-order valence-corrected chi connectivity index (χ3v) is 5.46. The highest BCUT2D eigenvalue weighted by molar-refractivity contribution is 6.33. The van der Waals surface area contributed by atoms with Gasteiger partial charge < -0.3 is 24.3 Å². The highest BCUT2D eigenvalue weighted by Crippen LogP contribution is 2.38. The van der Waals surface area contributed by atoms with Crippen molar-refractivity contribution in [3.63, 3.8) is 0 Å². The summed E-state index contributed by atoms with van der Waals surface area (Å²) in [7, 11) is 4.37. The minimum atomic E-state index is -0.591. The van der Waals surface area contributed by atoms with Gasteiger partial charge in [-0.25, -0.2) is 10.2 Å². The first-order valence-electron chi connectivity index (χ1n) is 11.3. The Bertz CT molecular complexity index is 1320. The second-order valence-electron chi connectivity index (χ2n) is 7.65. The summed E-state index contributed by atoms with van der Waals surface area (Å²) in [6.45, 7) is 0.0737. The Morgan fingerprint density at radius 1 is 0.921 bits per heavy atom. The van der Waals surface area contributed by atoms with Crippen LogP contribution in [0.15, 0.2) is 65.8 Å². The van der Waals surface area contributed by atoms with E-state index in [1.165, 1.54) is 39.7 Å². The highest BCUT2D eigenvalue weighted by atomic mass is 35.5. The molecule has 0 aliphatic rings. The molecule has 0 saturated heterocycles. The van der Waals surface area contributed by atoms with Crippen LogP contribution in [0.3, 0.4) is 0 Å². The largest absolute Gasteiger partial charge is 0.493 e. The summed E-state index contributed by atoms with van der Waals surface area (Å²) >= 11 is 6.04. The van der Waals surface area contributed by atoms with Crippen LogP contribution >= 0.6 is 11.6 Å². The Balaban J connectivity index is 1.49. The second-order valence-corrected chi connectivity index (χ2v) is 8.06. The van der Waals surface area contributed by atoms with Crippen molar-refractivity contribution < 1.29 is 33.3 Å². The number of methoxy groups -OCH3 is 3. The van der Waals surface area contributed by atoms with Gasteiger partial charge in [-0.2, -0.15) is 5.10 Å². The zero-order chi connectivity index (χ0) is 27.5. The fourth-order valence-electron chi connectivity index (χ4n) is 3.29. The molecule has 0 aliphatic heterocycles. The molecule has 2 N–H and O–H groups in total. The number of hydrogen-bond donors (Lipinski definition) is 2. The van der Waals surface area contributed by atoms with Crippen LogP contribution in [-0.2, 0) is 4.79 Å². The maximum Gasteiger partial charge on any atom is 0.345 e. The van der Waals surface area contributed by atoms with Crippen molar-refractivity contribution in [2.24, 2.45) is 5.10 Å². The van der Waals surface area contributed by atoms with Crippen molar-refractivity contribution in [3.05, 3.63) is 82.4 Å². The fraction of sp³-hybridized carbons (Fsp3) is 0.185. The van der Waals surface area contributed by atoms with E-state index in [4.69, 9.17) is 30.5 Å². The van der Waals surface area contributed by atoms with Gasteiger partial charge in [0.15, 0.2) is 11.5 Å². The number of nitrogens with zero attached hydrogens (tertiary/aromatic N) is 1. The topological polar surface area (TPSA) is 125 Å². The van der Waals surface area contributed by atoms with Crippen LogP contribution in [0.25, 0.3) is 0 Å². The average molecular weight is 540 g/mol. The van der Waals surface area contributed by atoms with Crippen molar-refractivity contribution in [1.82, 2.24) is 10.7 Å². The molecule has 3 aromatic carbocycles. The quantitative estimate of drug-likeness (QED) is 0.164. The lowest BCUT2D eigenvalue weighted by molar-refractivity contribution is -0.120. The molecule has 0 fully saturated rings. The lowest BCUT2D eigenvalue weighted by atomic mass is 10.1. The average Bonchev–Trinajstić information content (AvgIpc) is 2.92. The van der Waals surface area contributed by atoms with E-state index >= 15 is 0 Å². The molecule has 38 heavy (non-hydrogen) atoms. The van der Waals surface area contributed by atoms with Gasteiger partial charge in [0.2, 0.25) is 11.7 Å². The maximum absolute atomic E-state index is 12.5. The van der Waals surface area contributed by atoms with Gasteiger partial charge in [0.1, 0.15) is 5.75 Å². The van der Waals surface area contributed by atoms with Crippen molar-refractivity contribution in [3.8, 4) is 23.0 Å². The van der Waals surface area contributed by atoms with E-state index in [9.17, 15) is 14.4 Å². The van der Waals surface area contributed by atoms with Crippen molar-refractivity contribution in [2.75, 3.05) is 27.9 Å². The van der Waals surface area contributed by atoms with Crippen LogP contribution in [-0.4, -0.2) is 51.9 Å². The summed E-state index contributed by atoms with van der Waals surface area (Å²) in [5.74, 6) is -0.0747. The molecule has 2 amide bonds. The number of carbonyl (C=O) groups excluding carboxylic acids is 3. The minimum absolute atomic E-state index is 0.0109. The summed E-state index contributed by atoms with van der Waals surface area (Å²) in [5.41, 5.74) is 3.51. The van der Waals surface area contributed by atoms with E-state index in [1.807, 2.05) is 0 Å². The first-order valence-corrected chi connectivity index (χ1v) is 11.7. The van der Waals surface area contributed by atoms with E-state index in [0.29, 0.717) is 28.6 Å². The highest BCUT2D eigenvalue weighted by Gasteiger charge is 2.17. The molecule has 0 heterocycles. The fourth-order valence-corrected chi connectivity index (χ4v) is 3.50. The summed E-state index contributed by atoms with van der Waals surface area (Å²) in [6.07, 6.45) is 1.39. The molecule has 198 valence electrons. The predicted molar refractivity (Wildman–Crippen MR) is 142 cm³/mol. The Morgan fingerprint density at radius 2 is 1.63 bits per heavy atom. The normalized spacial score (nSPS) is 10.5. The molecule has 0 atom stereocenters. The number of hydrogen-bond acceptors (Lipinski definition) is 8. The molecule has 0 aromatic heterocycles. The monoisotopic (exact) mass is 539 g/mol. The van der Waals surface area contributed by atoms with Gasteiger partial charge in [-0.05, 0) is 42.0 Å². The molecule has 0 aliphatic carbocycles. The lowest BCUT2D eigenvalue weighted by Crippen LogP contribution is -2.29. The standard InChI is InChI=1S/C27H26ClN3O7/c1-35-22-14-18(15-23(36-2)25(22)37-3)26(33)29-12-11-24(32)31-30-16-17-7-6-8-19(13-17)38-27(34)20-9-4-5-10-21(20)28/h4-10,13-16H,11-12H2,1-3H3,(H,29,33)(H,31,32). The molecule has 0 bridgehead atoms. The molecule has 0 unspecified atom stereocenters. The first-order chi connectivity index (χ1) is 18.4. The lowest BCUT2D eigenvalue weighted by Gasteiger charge is -2.14. The number of rotatable bonds is 11. The van der Waals surface area contributed by atoms with Gasteiger partial charge in [0.05, 0.1) is 38.1 Å². The summed E-state index contributed by atoms with van der Waals surface area (Å²) in [5, 5.41) is 6.86. The van der Waals surface area contributed by atoms with Gasteiger partial charge in [0.25, 0.3) is 5.91 Å². The molecular weight excluding hydrogens is 514 g/mol. The number of hydrazone groups is 1. The van der Waals surface area contributed by atoms with Crippen molar-refractivity contribution in [2.45, 2.75) is 6.42 Å². The van der Waals surface area contributed by atoms with Gasteiger partial charge in [-0.1, -0.05) is 35.9 Å². The molecule has 0 radical (unpaired) electrons. The van der Waals surface area contributed by atoms with Gasteiger partial charge >= 0.3 is 5.97 Å². The van der Waals surface area contributed by atoms with Gasteiger partial charge in [-0.3, -0.25) is 9.59 Å². The SMILES string of the molecule is COc1cc(C(=O)NCCC(=O)NN=Cc2cccc(OC(=O)c3ccccc3Cl)c2)cc(OC)c1OC. The zero-order valence-electron chi connectivity index (χ0n) is 20.9. The van der Waals surface area contributed by atoms with Crippen LogP contribution in [0.4, 0.5) is 0 Å². The van der Waals surface area contributed by atoms with E-state index in [-0.39, 0.29) is 29.1 Å². The predicted octanol–water partition coefficient (Wildman–Crippen LogP) is 3.86. The molecule has 3 rings (SSSR count). The van der Waals surface area contributed by atoms with Crippen LogP contribution in [0.2, 0.25) is 5.02 Å². The molecule has 0 saturated carbocycles. The molecule has 3 aromatic rings. The summed E-state index contributed by atoms with van der Waals surface area (Å²) in [6, 6.07) is 16.2. The van der Waals surface area contributed by atoms with E-state index < -0.39 is 17.8 Å². The Kier molecular flexibility index (Phi) is 10.1. The molecule has 10 nitrogen and oxygen atoms in total. The second kappa shape index (κ2) is 13.7. The molecule has 0 spiro atoms. The number of amides is 2. The zero-order valence-corrected chi connectivity index (χ0v) is 21.7. The Morgan fingerprint density at radius 3 is 2.29 bits per heavy atom. The van der Waals surface area contributed by atoms with Gasteiger partial charge in [0, 0.05) is 18.5 Å². The first kappa shape index (κ1) is 28.0. The smallest absolute Gasteiger partial charge is 0.345 e. The van der Waals surface area contributed by atoms with E-state index in [0.717, 1.165) is 0 Å². The van der Waals surface area contributed by atoms with Crippen LogP contribution < -0.4 is 29.7 Å². The maximum atomic E-state index is 12.5. The number of carbonyl (C=O) groups is 3. The molecular formula is C27H26ClN3O7. The number of esters is 1. The molecule has 11 heteroatoms. The number of nitrogens with one attached hydrogen (secondary N) is 2. The Hall–Kier alpha value is -4.57. The van der Waals surface area contributed by atoms with Crippen LogP contribution in [0.5, 0.6) is 23.0 Å². The van der Waals surface area contributed by atoms with Crippen molar-refractivity contribution in [1.29, 1.82) is 0 Å². The van der Waals surface area contributed by atoms with Crippen LogP contribution in [0.1, 0.15) is 32.7 Å². The Labute approximate surface area is 224 Å². The van der Waals surface area contributed by atoms with E-state index in [1.54, 1.807) is 48.5 Å². The summed E-state index contributed by atoms with van der Waals surface area (Å²) in [4.78, 5) is 37.0. The number of benzene rings is 3. The summed E-state index contributed by atoms with van der Waals surface area (Å²) < 4.78 is 21.1. The number of halogens is 1. The van der Waals surface area contributed by atoms with Gasteiger partial charge in [-0.15, -0.1) is 0 Å².